The molecule has 0 aliphatic rings. The van der Waals surface area contributed by atoms with Crippen molar-refractivity contribution in [2.75, 3.05) is 7.11 Å². The van der Waals surface area contributed by atoms with E-state index in [9.17, 15) is 9.59 Å². The van der Waals surface area contributed by atoms with Gasteiger partial charge in [-0.25, -0.2) is 4.79 Å². The maximum atomic E-state index is 12.2. The van der Waals surface area contributed by atoms with Crippen LogP contribution in [0.15, 0.2) is 59.5 Å². The number of carbonyl (C=O) groups excluding carboxylic acids is 1. The molecule has 0 fully saturated rings. The number of hydrogen-bond acceptors (Lipinski definition) is 4. The van der Waals surface area contributed by atoms with Crippen molar-refractivity contribution in [3.05, 3.63) is 76.3 Å². The molecule has 22 heavy (non-hydrogen) atoms. The van der Waals surface area contributed by atoms with E-state index in [1.165, 1.54) is 13.2 Å². The second-order valence-corrected chi connectivity index (χ2v) is 4.81. The number of ether oxygens (including phenoxy) is 1. The Bertz CT molecular complexity index is 885. The van der Waals surface area contributed by atoms with Crippen molar-refractivity contribution in [3.8, 4) is 0 Å². The Hall–Kier alpha value is -2.95. The molecular formula is C17H14N2O3. The van der Waals surface area contributed by atoms with Gasteiger partial charge >= 0.3 is 5.97 Å². The molecule has 0 amide bonds. The molecule has 0 unspecified atom stereocenters. The van der Waals surface area contributed by atoms with Crippen LogP contribution in [0.5, 0.6) is 0 Å². The third kappa shape index (κ3) is 2.48. The fourth-order valence-electron chi connectivity index (χ4n) is 2.42. The van der Waals surface area contributed by atoms with Crippen molar-refractivity contribution in [2.24, 2.45) is 0 Å². The molecule has 5 nitrogen and oxygen atoms in total. The lowest BCUT2D eigenvalue weighted by Crippen LogP contribution is -2.20. The minimum Gasteiger partial charge on any atom is -0.464 e. The lowest BCUT2D eigenvalue weighted by Gasteiger charge is -2.15. The third-order valence-corrected chi connectivity index (χ3v) is 3.46. The summed E-state index contributed by atoms with van der Waals surface area (Å²) >= 11 is 0. The summed E-state index contributed by atoms with van der Waals surface area (Å²) in [6, 6.07) is 14.1. The number of carbonyl (C=O) groups is 1. The first-order chi connectivity index (χ1) is 10.7. The zero-order valence-electron chi connectivity index (χ0n) is 12.0. The minimum atomic E-state index is -0.543. The van der Waals surface area contributed by atoms with E-state index in [0.717, 1.165) is 5.69 Å². The molecule has 0 radical (unpaired) electrons. The van der Waals surface area contributed by atoms with E-state index in [1.807, 2.05) is 30.3 Å². The Labute approximate surface area is 126 Å². The molecule has 1 aromatic carbocycles. The number of hydrogen-bond donors (Lipinski definition) is 0. The third-order valence-electron chi connectivity index (χ3n) is 3.46. The lowest BCUT2D eigenvalue weighted by atomic mass is 10.1. The average Bonchev–Trinajstić information content (AvgIpc) is 2.57. The Balaban J connectivity index is 2.27. The summed E-state index contributed by atoms with van der Waals surface area (Å²) in [6.45, 7) is 0.381. The molecule has 0 saturated carbocycles. The van der Waals surface area contributed by atoms with Gasteiger partial charge < -0.3 is 9.30 Å². The maximum Gasteiger partial charge on any atom is 0.354 e. The highest BCUT2D eigenvalue weighted by Gasteiger charge is 2.16. The second-order valence-electron chi connectivity index (χ2n) is 4.81. The van der Waals surface area contributed by atoms with Crippen molar-refractivity contribution in [2.45, 2.75) is 6.54 Å². The monoisotopic (exact) mass is 294 g/mol. The number of rotatable bonds is 3. The summed E-state index contributed by atoms with van der Waals surface area (Å²) in [5.74, 6) is -0.543. The fourth-order valence-corrected chi connectivity index (χ4v) is 2.42. The molecule has 0 aliphatic carbocycles. The highest BCUT2D eigenvalue weighted by molar-refractivity contribution is 5.91. The SMILES string of the molecule is COC(=O)c1cc(=O)c2ccccc2n1Cc1ccccn1. The van der Waals surface area contributed by atoms with Crippen molar-refractivity contribution >= 4 is 16.9 Å². The number of para-hydroxylation sites is 1. The first-order valence-corrected chi connectivity index (χ1v) is 6.81. The number of pyridine rings is 2. The predicted molar refractivity (Wildman–Crippen MR) is 82.9 cm³/mol. The summed E-state index contributed by atoms with van der Waals surface area (Å²) in [4.78, 5) is 28.5. The van der Waals surface area contributed by atoms with Crippen LogP contribution in [0.1, 0.15) is 16.2 Å². The van der Waals surface area contributed by atoms with Gasteiger partial charge in [-0.3, -0.25) is 9.78 Å². The summed E-state index contributed by atoms with van der Waals surface area (Å²) < 4.78 is 6.55. The Morgan fingerprint density at radius 2 is 1.95 bits per heavy atom. The van der Waals surface area contributed by atoms with Crippen LogP contribution in [0.2, 0.25) is 0 Å². The molecule has 3 aromatic rings. The van der Waals surface area contributed by atoms with Crippen molar-refractivity contribution in [1.29, 1.82) is 0 Å². The summed E-state index contributed by atoms with van der Waals surface area (Å²) in [5, 5.41) is 0.561. The molecule has 0 saturated heterocycles. The van der Waals surface area contributed by atoms with E-state index >= 15 is 0 Å². The van der Waals surface area contributed by atoms with Gasteiger partial charge in [0.05, 0.1) is 24.9 Å². The van der Waals surface area contributed by atoms with Crippen LogP contribution >= 0.6 is 0 Å². The Kier molecular flexibility index (Phi) is 3.70. The second kappa shape index (κ2) is 5.81. The van der Waals surface area contributed by atoms with Gasteiger partial charge in [0, 0.05) is 17.6 Å². The highest BCUT2D eigenvalue weighted by Crippen LogP contribution is 2.15. The summed E-state index contributed by atoms with van der Waals surface area (Å²) in [6.07, 6.45) is 1.69. The number of esters is 1. The molecule has 0 aliphatic heterocycles. The van der Waals surface area contributed by atoms with Gasteiger partial charge in [0.15, 0.2) is 5.43 Å². The quantitative estimate of drug-likeness (QED) is 0.695. The Morgan fingerprint density at radius 1 is 1.18 bits per heavy atom. The van der Waals surface area contributed by atoms with E-state index in [1.54, 1.807) is 22.9 Å². The van der Waals surface area contributed by atoms with Crippen LogP contribution in [0.3, 0.4) is 0 Å². The van der Waals surface area contributed by atoms with Gasteiger partial charge in [0.25, 0.3) is 0 Å². The molecular weight excluding hydrogens is 280 g/mol. The van der Waals surface area contributed by atoms with Crippen LogP contribution in [-0.2, 0) is 11.3 Å². The van der Waals surface area contributed by atoms with Crippen LogP contribution in [0.25, 0.3) is 10.9 Å². The number of aromatic nitrogens is 2. The standard InChI is InChI=1S/C17H14N2O3/c1-22-17(21)15-10-16(20)13-7-2-3-8-14(13)19(15)11-12-6-4-5-9-18-12/h2-10H,11H2,1H3. The molecule has 3 rings (SSSR count). The van der Waals surface area contributed by atoms with Crippen LogP contribution in [0, 0.1) is 0 Å². The van der Waals surface area contributed by atoms with Crippen molar-refractivity contribution in [1.82, 2.24) is 9.55 Å². The van der Waals surface area contributed by atoms with Gasteiger partial charge in [-0.05, 0) is 24.3 Å². The highest BCUT2D eigenvalue weighted by atomic mass is 16.5. The molecule has 2 aromatic heterocycles. The molecule has 0 atom stereocenters. The lowest BCUT2D eigenvalue weighted by molar-refractivity contribution is 0.0588. The van der Waals surface area contributed by atoms with Crippen molar-refractivity contribution < 1.29 is 9.53 Å². The van der Waals surface area contributed by atoms with E-state index in [2.05, 4.69) is 4.98 Å². The zero-order valence-corrected chi connectivity index (χ0v) is 12.0. The van der Waals surface area contributed by atoms with Gasteiger partial charge in [0.1, 0.15) is 5.69 Å². The van der Waals surface area contributed by atoms with Crippen LogP contribution in [-0.4, -0.2) is 22.6 Å². The van der Waals surface area contributed by atoms with Gasteiger partial charge in [0.2, 0.25) is 0 Å². The predicted octanol–water partition coefficient (Wildman–Crippen LogP) is 2.23. The van der Waals surface area contributed by atoms with E-state index in [-0.39, 0.29) is 11.1 Å². The topological polar surface area (TPSA) is 61.2 Å². The van der Waals surface area contributed by atoms with Gasteiger partial charge in [-0.2, -0.15) is 0 Å². The molecule has 0 spiro atoms. The minimum absolute atomic E-state index is 0.201. The summed E-state index contributed by atoms with van der Waals surface area (Å²) in [5.41, 5.74) is 1.49. The van der Waals surface area contributed by atoms with E-state index in [0.29, 0.717) is 17.4 Å². The number of methoxy groups -OCH3 is 1. The number of nitrogens with zero attached hydrogens (tertiary/aromatic N) is 2. The van der Waals surface area contributed by atoms with E-state index in [4.69, 9.17) is 4.74 Å². The average molecular weight is 294 g/mol. The molecule has 110 valence electrons. The Morgan fingerprint density at radius 3 is 2.68 bits per heavy atom. The van der Waals surface area contributed by atoms with Crippen molar-refractivity contribution in [3.63, 3.8) is 0 Å². The van der Waals surface area contributed by atoms with Gasteiger partial charge in [-0.1, -0.05) is 18.2 Å². The van der Waals surface area contributed by atoms with Crippen LogP contribution in [0.4, 0.5) is 0 Å². The zero-order chi connectivity index (χ0) is 15.5. The molecule has 0 bridgehead atoms. The largest absolute Gasteiger partial charge is 0.464 e. The van der Waals surface area contributed by atoms with E-state index < -0.39 is 5.97 Å². The maximum absolute atomic E-state index is 12.2. The first-order valence-electron chi connectivity index (χ1n) is 6.81. The first kappa shape index (κ1) is 14.0. The molecule has 0 N–H and O–H groups in total. The van der Waals surface area contributed by atoms with Crippen LogP contribution < -0.4 is 5.43 Å². The molecule has 5 heteroatoms. The number of benzene rings is 1. The molecule has 2 heterocycles. The van der Waals surface area contributed by atoms with Gasteiger partial charge in [-0.15, -0.1) is 0 Å². The smallest absolute Gasteiger partial charge is 0.354 e. The normalized spacial score (nSPS) is 10.6. The fraction of sp³-hybridized carbons (Fsp3) is 0.118. The number of fused-ring (bicyclic) bond motifs is 1. The summed E-state index contributed by atoms with van der Waals surface area (Å²) in [7, 11) is 1.30.